The summed E-state index contributed by atoms with van der Waals surface area (Å²) >= 11 is 0. The second-order valence-corrected chi connectivity index (χ2v) is 4.25. The smallest absolute Gasteiger partial charge is 0.224 e. The third-order valence-electron chi connectivity index (χ3n) is 2.52. The predicted octanol–water partition coefficient (Wildman–Crippen LogP) is 0.527. The van der Waals surface area contributed by atoms with Crippen LogP contribution in [0.1, 0.15) is 26.7 Å². The molecule has 88 valence electrons. The molecule has 0 aromatic rings. The summed E-state index contributed by atoms with van der Waals surface area (Å²) in [6.45, 7) is 7.06. The maximum absolute atomic E-state index is 11.6. The summed E-state index contributed by atoms with van der Waals surface area (Å²) in [7, 11) is 0. The molecule has 0 aromatic heterocycles. The number of hydrogen-bond acceptors (Lipinski definition) is 3. The minimum absolute atomic E-state index is 0.151. The average Bonchev–Trinajstić information content (AvgIpc) is 2.25. The van der Waals surface area contributed by atoms with Gasteiger partial charge in [-0.25, -0.2) is 0 Å². The minimum Gasteiger partial charge on any atom is -0.377 e. The molecule has 0 spiro atoms. The largest absolute Gasteiger partial charge is 0.377 e. The highest BCUT2D eigenvalue weighted by atomic mass is 16.5. The van der Waals surface area contributed by atoms with Crippen molar-refractivity contribution in [1.82, 2.24) is 10.6 Å². The van der Waals surface area contributed by atoms with Crippen molar-refractivity contribution < 1.29 is 9.53 Å². The van der Waals surface area contributed by atoms with Crippen molar-refractivity contribution in [2.24, 2.45) is 5.92 Å². The zero-order valence-electron chi connectivity index (χ0n) is 9.71. The molecular formula is C11H22N2O2. The first-order valence-corrected chi connectivity index (χ1v) is 5.80. The van der Waals surface area contributed by atoms with Crippen LogP contribution in [0.2, 0.25) is 0 Å². The summed E-state index contributed by atoms with van der Waals surface area (Å²) in [5, 5.41) is 6.14. The Labute approximate surface area is 91.8 Å². The highest BCUT2D eigenvalue weighted by Gasteiger charge is 2.19. The van der Waals surface area contributed by atoms with Gasteiger partial charge in [0.2, 0.25) is 5.91 Å². The first-order valence-electron chi connectivity index (χ1n) is 5.80. The molecule has 1 fully saturated rings. The first kappa shape index (κ1) is 12.5. The van der Waals surface area contributed by atoms with Crippen LogP contribution in [0, 0.1) is 5.92 Å². The molecule has 0 aliphatic carbocycles. The third-order valence-corrected chi connectivity index (χ3v) is 2.52. The van der Waals surface area contributed by atoms with E-state index in [1.165, 1.54) is 0 Å². The summed E-state index contributed by atoms with van der Waals surface area (Å²) in [5.74, 6) is 0.312. The van der Waals surface area contributed by atoms with E-state index >= 15 is 0 Å². The van der Waals surface area contributed by atoms with Gasteiger partial charge in [0.15, 0.2) is 0 Å². The van der Waals surface area contributed by atoms with Gasteiger partial charge in [-0.15, -0.1) is 0 Å². The maximum atomic E-state index is 11.6. The molecule has 0 unspecified atom stereocenters. The van der Waals surface area contributed by atoms with E-state index in [1.54, 1.807) is 0 Å². The molecule has 1 atom stereocenters. The van der Waals surface area contributed by atoms with Crippen LogP contribution >= 0.6 is 0 Å². The second kappa shape index (κ2) is 6.80. The Hall–Kier alpha value is -0.610. The van der Waals surface area contributed by atoms with Crippen LogP contribution in [0.5, 0.6) is 0 Å². The number of piperidine rings is 1. The zero-order chi connectivity index (χ0) is 11.1. The van der Waals surface area contributed by atoms with Gasteiger partial charge < -0.3 is 15.4 Å². The molecule has 2 N–H and O–H groups in total. The van der Waals surface area contributed by atoms with Crippen molar-refractivity contribution in [3.8, 4) is 0 Å². The molecule has 1 amide bonds. The molecule has 4 heteroatoms. The van der Waals surface area contributed by atoms with Crippen molar-refractivity contribution in [1.29, 1.82) is 0 Å². The highest BCUT2D eigenvalue weighted by Crippen LogP contribution is 2.09. The molecule has 15 heavy (non-hydrogen) atoms. The molecule has 1 aliphatic rings. The van der Waals surface area contributed by atoms with E-state index in [0.717, 1.165) is 25.9 Å². The number of rotatable bonds is 5. The van der Waals surface area contributed by atoms with Crippen LogP contribution in [0.15, 0.2) is 0 Å². The molecule has 0 bridgehead atoms. The Kier molecular flexibility index (Phi) is 5.65. The quantitative estimate of drug-likeness (QED) is 0.656. The topological polar surface area (TPSA) is 50.4 Å². The lowest BCUT2D eigenvalue weighted by Gasteiger charge is -2.21. The summed E-state index contributed by atoms with van der Waals surface area (Å²) in [6.07, 6.45) is 2.34. The van der Waals surface area contributed by atoms with E-state index in [-0.39, 0.29) is 17.9 Å². The number of hydrogen-bond donors (Lipinski definition) is 2. The van der Waals surface area contributed by atoms with Crippen LogP contribution in [0.3, 0.4) is 0 Å². The fraction of sp³-hybridized carbons (Fsp3) is 0.909. The van der Waals surface area contributed by atoms with E-state index in [2.05, 4.69) is 10.6 Å². The average molecular weight is 214 g/mol. The standard InChI is InChI=1S/C11H22N2O2/c1-9(2)15-7-6-13-11(14)10-4-3-5-12-8-10/h9-10,12H,3-8H2,1-2H3,(H,13,14)/t10-/m0/s1. The summed E-state index contributed by atoms with van der Waals surface area (Å²) < 4.78 is 5.35. The van der Waals surface area contributed by atoms with Crippen molar-refractivity contribution in [2.45, 2.75) is 32.8 Å². The lowest BCUT2D eigenvalue weighted by atomic mass is 9.99. The molecule has 1 heterocycles. The van der Waals surface area contributed by atoms with Crippen LogP contribution in [-0.2, 0) is 9.53 Å². The number of amides is 1. The normalized spacial score (nSPS) is 21.7. The highest BCUT2D eigenvalue weighted by molar-refractivity contribution is 5.78. The van der Waals surface area contributed by atoms with E-state index in [4.69, 9.17) is 4.74 Å². The van der Waals surface area contributed by atoms with Crippen LogP contribution in [0.25, 0.3) is 0 Å². The van der Waals surface area contributed by atoms with Gasteiger partial charge in [0, 0.05) is 13.1 Å². The Morgan fingerprint density at radius 2 is 2.40 bits per heavy atom. The lowest BCUT2D eigenvalue weighted by Crippen LogP contribution is -2.41. The van der Waals surface area contributed by atoms with E-state index in [1.807, 2.05) is 13.8 Å². The number of carbonyl (C=O) groups is 1. The number of nitrogens with one attached hydrogen (secondary N) is 2. The molecule has 1 rings (SSSR count). The Morgan fingerprint density at radius 1 is 1.60 bits per heavy atom. The van der Waals surface area contributed by atoms with Crippen LogP contribution < -0.4 is 10.6 Å². The van der Waals surface area contributed by atoms with Crippen molar-refractivity contribution in [3.63, 3.8) is 0 Å². The van der Waals surface area contributed by atoms with Gasteiger partial charge in [-0.1, -0.05) is 0 Å². The SMILES string of the molecule is CC(C)OCCNC(=O)[C@H]1CCCNC1. The second-order valence-electron chi connectivity index (χ2n) is 4.25. The molecule has 0 radical (unpaired) electrons. The van der Waals surface area contributed by atoms with Gasteiger partial charge in [-0.05, 0) is 33.2 Å². The minimum atomic E-state index is 0.151. The Morgan fingerprint density at radius 3 is 3.00 bits per heavy atom. The number of carbonyl (C=O) groups excluding carboxylic acids is 1. The van der Waals surface area contributed by atoms with E-state index < -0.39 is 0 Å². The third kappa shape index (κ3) is 5.14. The van der Waals surface area contributed by atoms with Gasteiger partial charge >= 0.3 is 0 Å². The Bertz CT molecular complexity index is 189. The molecule has 0 aromatic carbocycles. The molecular weight excluding hydrogens is 192 g/mol. The van der Waals surface area contributed by atoms with Gasteiger partial charge in [0.05, 0.1) is 18.6 Å². The summed E-state index contributed by atoms with van der Waals surface area (Å²) in [4.78, 5) is 11.6. The first-order chi connectivity index (χ1) is 7.20. The fourth-order valence-corrected chi connectivity index (χ4v) is 1.69. The van der Waals surface area contributed by atoms with Crippen molar-refractivity contribution >= 4 is 5.91 Å². The van der Waals surface area contributed by atoms with Gasteiger partial charge in [0.1, 0.15) is 0 Å². The van der Waals surface area contributed by atoms with Crippen molar-refractivity contribution in [2.75, 3.05) is 26.2 Å². The fourth-order valence-electron chi connectivity index (χ4n) is 1.69. The maximum Gasteiger partial charge on any atom is 0.224 e. The lowest BCUT2D eigenvalue weighted by molar-refractivity contribution is -0.125. The van der Waals surface area contributed by atoms with Gasteiger partial charge in [-0.2, -0.15) is 0 Å². The Balaban J connectivity index is 2.07. The molecule has 0 saturated carbocycles. The van der Waals surface area contributed by atoms with Gasteiger partial charge in [-0.3, -0.25) is 4.79 Å². The molecule has 1 saturated heterocycles. The van der Waals surface area contributed by atoms with Crippen molar-refractivity contribution in [3.05, 3.63) is 0 Å². The molecule has 4 nitrogen and oxygen atoms in total. The van der Waals surface area contributed by atoms with E-state index in [9.17, 15) is 4.79 Å². The summed E-state index contributed by atoms with van der Waals surface area (Å²) in [5.41, 5.74) is 0. The predicted molar refractivity (Wildman–Crippen MR) is 59.7 cm³/mol. The van der Waals surface area contributed by atoms with Gasteiger partial charge in [0.25, 0.3) is 0 Å². The van der Waals surface area contributed by atoms with Crippen LogP contribution in [0.4, 0.5) is 0 Å². The number of ether oxygens (including phenoxy) is 1. The molecule has 1 aliphatic heterocycles. The van der Waals surface area contributed by atoms with E-state index in [0.29, 0.717) is 13.2 Å². The zero-order valence-corrected chi connectivity index (χ0v) is 9.71. The van der Waals surface area contributed by atoms with Crippen LogP contribution in [-0.4, -0.2) is 38.3 Å². The monoisotopic (exact) mass is 214 g/mol. The summed E-state index contributed by atoms with van der Waals surface area (Å²) in [6, 6.07) is 0.